The molecule has 0 aliphatic carbocycles. The second-order valence-corrected chi connectivity index (χ2v) is 2.14. The molecule has 6 nitrogen and oxygen atoms in total. The van der Waals surface area contributed by atoms with Crippen LogP contribution in [-0.4, -0.2) is 79.6 Å². The topological polar surface area (TPSA) is 115 Å². The van der Waals surface area contributed by atoms with Gasteiger partial charge in [0.25, 0.3) is 0 Å². The van der Waals surface area contributed by atoms with Crippen molar-refractivity contribution in [2.24, 2.45) is 0 Å². The molecule has 0 spiro atoms. The van der Waals surface area contributed by atoms with E-state index in [1.54, 1.807) is 0 Å². The summed E-state index contributed by atoms with van der Waals surface area (Å²) in [5.74, 6) is 0. The van der Waals surface area contributed by atoms with E-state index in [9.17, 15) is 0 Å². The first kappa shape index (κ1) is 17.2. The van der Waals surface area contributed by atoms with Crippen LogP contribution in [0.15, 0.2) is 0 Å². The van der Waals surface area contributed by atoms with Crippen LogP contribution in [0.5, 0.6) is 0 Å². The maximum absolute atomic E-state index is 8.50. The molecule has 50 valence electrons. The van der Waals surface area contributed by atoms with Crippen LogP contribution in [0, 0.1) is 0 Å². The molecule has 0 radical (unpaired) electrons. The molecule has 0 aromatic heterocycles. The Labute approximate surface area is 103 Å². The fraction of sp³-hybridized carbons (Fsp3) is 0. The summed E-state index contributed by atoms with van der Waals surface area (Å²) >= 11 is -2.00. The third kappa shape index (κ3) is 159. The van der Waals surface area contributed by atoms with E-state index in [1.807, 2.05) is 0 Å². The van der Waals surface area contributed by atoms with E-state index < -0.39 is 28.1 Å². The van der Waals surface area contributed by atoms with Crippen LogP contribution in [0.4, 0.5) is 0 Å². The van der Waals surface area contributed by atoms with Gasteiger partial charge in [-0.15, -0.1) is 0 Å². The summed E-state index contributed by atoms with van der Waals surface area (Å²) in [6.07, 6.45) is 0. The van der Waals surface area contributed by atoms with E-state index >= 15 is 0 Å². The van der Waals surface area contributed by atoms with Gasteiger partial charge in [-0.3, -0.25) is 0 Å². The van der Waals surface area contributed by atoms with Crippen molar-refractivity contribution in [2.75, 3.05) is 0 Å². The summed E-state index contributed by atoms with van der Waals surface area (Å²) in [5, 5.41) is 0. The van der Waals surface area contributed by atoms with Crippen molar-refractivity contribution in [3.05, 3.63) is 0 Å². The molecule has 4 N–H and O–H groups in total. The number of rotatable bonds is 0. The van der Waals surface area contributed by atoms with Gasteiger partial charge >= 0.3 is 86.2 Å². The van der Waals surface area contributed by atoms with Crippen LogP contribution < -0.4 is 0 Å². The Morgan fingerprint density at radius 3 is 1.00 bits per heavy atom. The zero-order chi connectivity index (χ0) is 7.21. The Bertz CT molecular complexity index is 73.5. The van der Waals surface area contributed by atoms with Crippen LogP contribution in [0.3, 0.4) is 0 Å². The third-order valence-electron chi connectivity index (χ3n) is 0. The molecule has 0 amide bonds. The van der Waals surface area contributed by atoms with E-state index in [2.05, 4.69) is 0 Å². The summed E-state index contributed by atoms with van der Waals surface area (Å²) in [4.78, 5) is 29.3. The molecule has 0 heterocycles. The van der Waals surface area contributed by atoms with Gasteiger partial charge in [0, 0.05) is 0 Å². The predicted molar refractivity (Wildman–Crippen MR) is 23.2 cm³/mol. The zero-order valence-corrected chi connectivity index (χ0v) is 6.17. The van der Waals surface area contributed by atoms with Crippen LogP contribution in [0.2, 0.25) is 0 Å². The number of hydrogen-bond acceptors (Lipinski definition) is 6. The van der Waals surface area contributed by atoms with Gasteiger partial charge in [0.2, 0.25) is 0 Å². The summed E-state index contributed by atoms with van der Waals surface area (Å²) in [7, 11) is -4.61. The van der Waals surface area contributed by atoms with Gasteiger partial charge in [-0.1, -0.05) is 0 Å². The minimum atomic E-state index is -4.61. The number of hydrogen-bond donors (Lipinski definition) is 4. The second kappa shape index (κ2) is 10.0. The summed E-state index contributed by atoms with van der Waals surface area (Å²) in [6, 6.07) is 0. The molecular formula is H5KO6SiTi. The molecule has 0 atom stereocenters. The Morgan fingerprint density at radius 1 is 1.00 bits per heavy atom. The van der Waals surface area contributed by atoms with Crippen molar-refractivity contribution in [1.82, 2.24) is 0 Å². The summed E-state index contributed by atoms with van der Waals surface area (Å²) in [5.41, 5.74) is 0. The predicted octanol–water partition coefficient (Wildman–Crippen LogP) is -3.50. The first-order chi connectivity index (χ1) is 3.41. The van der Waals surface area contributed by atoms with Crippen LogP contribution in [0.1, 0.15) is 0 Å². The van der Waals surface area contributed by atoms with Gasteiger partial charge in [-0.25, -0.2) is 0 Å². The quantitative estimate of drug-likeness (QED) is 0.312. The first-order valence-electron chi connectivity index (χ1n) is 1.30. The molecule has 9 heteroatoms. The van der Waals surface area contributed by atoms with E-state index in [1.165, 1.54) is 0 Å². The molecule has 0 unspecified atom stereocenters. The van der Waals surface area contributed by atoms with Crippen LogP contribution in [-0.2, 0) is 25.7 Å². The van der Waals surface area contributed by atoms with E-state index in [0.717, 1.165) is 0 Å². The maximum atomic E-state index is 8.50. The Hall–Kier alpha value is 2.01. The normalized spacial score (nSPS) is 7.56. The summed E-state index contributed by atoms with van der Waals surface area (Å²) in [6.45, 7) is 0. The van der Waals surface area contributed by atoms with Gasteiger partial charge in [0.05, 0.1) is 0 Å². The molecular weight excluding hydrogens is 211 g/mol. The molecule has 0 aliphatic heterocycles. The minimum absolute atomic E-state index is 0. The average Bonchev–Trinajstić information content (AvgIpc) is 1.27. The van der Waals surface area contributed by atoms with Gasteiger partial charge < -0.3 is 19.2 Å². The first-order valence-corrected chi connectivity index (χ1v) is 4.37. The molecule has 9 heavy (non-hydrogen) atoms. The molecule has 0 aromatic rings. The monoisotopic (exact) mass is 216 g/mol. The van der Waals surface area contributed by atoms with Crippen molar-refractivity contribution in [1.29, 1.82) is 0 Å². The van der Waals surface area contributed by atoms with Gasteiger partial charge in [-0.2, -0.15) is 0 Å². The molecule has 0 aromatic carbocycles. The van der Waals surface area contributed by atoms with Gasteiger partial charge in [0.15, 0.2) is 0 Å². The molecule has 0 bridgehead atoms. The Kier molecular flexibility index (Phi) is 19.1. The van der Waals surface area contributed by atoms with Crippen LogP contribution in [0.25, 0.3) is 0 Å². The summed E-state index contributed by atoms with van der Waals surface area (Å²) < 4.78 is 17.0. The van der Waals surface area contributed by atoms with Crippen molar-refractivity contribution in [3.8, 4) is 0 Å². The molecule has 0 fully saturated rings. The van der Waals surface area contributed by atoms with Crippen molar-refractivity contribution >= 4 is 60.4 Å². The SMILES string of the molecule is O[Si](O)(O)O.[KH].[O]=[Ti]=[O]. The van der Waals surface area contributed by atoms with Crippen molar-refractivity contribution in [3.63, 3.8) is 0 Å². The fourth-order valence-corrected chi connectivity index (χ4v) is 0. The third-order valence-corrected chi connectivity index (χ3v) is 0. The fourth-order valence-electron chi connectivity index (χ4n) is 0. The van der Waals surface area contributed by atoms with E-state index in [0.29, 0.717) is 0 Å². The van der Waals surface area contributed by atoms with Gasteiger partial charge in [-0.05, 0) is 0 Å². The van der Waals surface area contributed by atoms with Crippen LogP contribution >= 0.6 is 0 Å². The van der Waals surface area contributed by atoms with Gasteiger partial charge in [0.1, 0.15) is 0 Å². The van der Waals surface area contributed by atoms with E-state index in [-0.39, 0.29) is 51.4 Å². The Morgan fingerprint density at radius 2 is 1.00 bits per heavy atom. The van der Waals surface area contributed by atoms with E-state index in [4.69, 9.17) is 25.8 Å². The molecule has 0 rings (SSSR count). The molecule has 0 saturated heterocycles. The van der Waals surface area contributed by atoms with Crippen molar-refractivity contribution < 1.29 is 44.9 Å². The average molecular weight is 216 g/mol. The second-order valence-electron chi connectivity index (χ2n) is 0.683. The standard InChI is InChI=1S/K.H4O4Si.2O.Ti.H/c;1-5(2,3)4;;;;/h;1-4H;;;;. The Balaban J connectivity index is -0.0000000800. The molecule has 0 aliphatic rings. The molecule has 0 saturated carbocycles. The van der Waals surface area contributed by atoms with Crippen molar-refractivity contribution in [2.45, 2.75) is 0 Å². The zero-order valence-electron chi connectivity index (χ0n) is 3.61.